The lowest BCUT2D eigenvalue weighted by Gasteiger charge is -2.23. The van der Waals surface area contributed by atoms with Crippen molar-refractivity contribution in [1.82, 2.24) is 0 Å². The van der Waals surface area contributed by atoms with Crippen LogP contribution in [0.5, 0.6) is 0 Å². The molecule has 0 radical (unpaired) electrons. The van der Waals surface area contributed by atoms with Gasteiger partial charge in [0.2, 0.25) is 0 Å². The number of hydrogen-bond acceptors (Lipinski definition) is 1. The van der Waals surface area contributed by atoms with Gasteiger partial charge in [-0.25, -0.2) is 8.78 Å². The Balaban J connectivity index is 2.02. The topological polar surface area (TPSA) is 9.23 Å². The van der Waals surface area contributed by atoms with Crippen LogP contribution in [0, 0.1) is 0 Å². The van der Waals surface area contributed by atoms with Crippen molar-refractivity contribution in [3.63, 3.8) is 0 Å². The maximum absolute atomic E-state index is 12.4. The Labute approximate surface area is 63.3 Å². The Morgan fingerprint density at radius 3 is 1.45 bits per heavy atom. The number of hydrogen-bond donors (Lipinski definition) is 0. The van der Waals surface area contributed by atoms with Crippen molar-refractivity contribution in [2.75, 3.05) is 0 Å². The molecule has 1 nitrogen and oxygen atoms in total. The molecule has 0 aromatic heterocycles. The molecular weight excluding hydrogens is 150 g/mol. The van der Waals surface area contributed by atoms with Crippen LogP contribution in [0.2, 0.25) is 0 Å². The normalized spacial score (nSPS) is 23.1. The van der Waals surface area contributed by atoms with Crippen LogP contribution in [0.1, 0.15) is 25.7 Å². The maximum Gasteiger partial charge on any atom is 0.139 e. The van der Waals surface area contributed by atoms with E-state index in [9.17, 15) is 8.78 Å². The summed E-state index contributed by atoms with van der Waals surface area (Å²) in [6.45, 7) is 0. The van der Waals surface area contributed by atoms with Crippen molar-refractivity contribution in [2.45, 2.75) is 25.7 Å². The van der Waals surface area contributed by atoms with Gasteiger partial charge in [0.25, 0.3) is 0 Å². The molecule has 3 heteroatoms. The van der Waals surface area contributed by atoms with E-state index in [1.54, 1.807) is 0 Å². The van der Waals surface area contributed by atoms with E-state index in [4.69, 9.17) is 4.74 Å². The van der Waals surface area contributed by atoms with E-state index in [2.05, 4.69) is 0 Å². The summed E-state index contributed by atoms with van der Waals surface area (Å²) in [4.78, 5) is 0. The highest BCUT2D eigenvalue weighted by Crippen LogP contribution is 2.37. The van der Waals surface area contributed by atoms with Gasteiger partial charge >= 0.3 is 0 Å². The van der Waals surface area contributed by atoms with Crippen LogP contribution in [0.15, 0.2) is 23.2 Å². The lowest BCUT2D eigenvalue weighted by Crippen LogP contribution is -2.09. The van der Waals surface area contributed by atoms with Crippen molar-refractivity contribution >= 4 is 0 Å². The SMILES string of the molecule is FC1=C(OC2=C(F)CC2)CC1. The molecule has 2 aliphatic carbocycles. The van der Waals surface area contributed by atoms with Gasteiger partial charge < -0.3 is 4.74 Å². The fourth-order valence-electron chi connectivity index (χ4n) is 1.00. The van der Waals surface area contributed by atoms with E-state index >= 15 is 0 Å². The molecule has 0 amide bonds. The summed E-state index contributed by atoms with van der Waals surface area (Å²) in [5.74, 6) is 0.208. The zero-order valence-corrected chi connectivity index (χ0v) is 5.99. The highest BCUT2D eigenvalue weighted by Gasteiger charge is 2.25. The van der Waals surface area contributed by atoms with Crippen LogP contribution >= 0.6 is 0 Å². The van der Waals surface area contributed by atoms with Crippen LogP contribution < -0.4 is 0 Å². The first-order valence-electron chi connectivity index (χ1n) is 3.70. The fraction of sp³-hybridized carbons (Fsp3) is 0.500. The van der Waals surface area contributed by atoms with Gasteiger partial charge in [-0.2, -0.15) is 0 Å². The minimum Gasteiger partial charge on any atom is -0.461 e. The summed E-state index contributed by atoms with van der Waals surface area (Å²) in [6.07, 6.45) is 2.12. The minimum atomic E-state index is -0.225. The van der Waals surface area contributed by atoms with Gasteiger partial charge in [-0.3, -0.25) is 0 Å². The number of allylic oxidation sites excluding steroid dienone is 4. The summed E-state index contributed by atoms with van der Waals surface area (Å²) in [6, 6.07) is 0. The largest absolute Gasteiger partial charge is 0.461 e. The summed E-state index contributed by atoms with van der Waals surface area (Å²) >= 11 is 0. The lowest BCUT2D eigenvalue weighted by molar-refractivity contribution is 0.199. The zero-order valence-electron chi connectivity index (χ0n) is 5.99. The van der Waals surface area contributed by atoms with Crippen LogP contribution in [0.3, 0.4) is 0 Å². The van der Waals surface area contributed by atoms with E-state index in [0.29, 0.717) is 37.2 Å². The maximum atomic E-state index is 12.4. The van der Waals surface area contributed by atoms with Gasteiger partial charge in [0.15, 0.2) is 0 Å². The van der Waals surface area contributed by atoms with Gasteiger partial charge in [-0.1, -0.05) is 0 Å². The molecule has 2 rings (SSSR count). The molecule has 0 fully saturated rings. The summed E-state index contributed by atoms with van der Waals surface area (Å²) in [7, 11) is 0. The third kappa shape index (κ3) is 1.04. The molecule has 0 aliphatic heterocycles. The van der Waals surface area contributed by atoms with E-state index in [1.807, 2.05) is 0 Å². The molecule has 11 heavy (non-hydrogen) atoms. The van der Waals surface area contributed by atoms with Gasteiger partial charge in [0.05, 0.1) is 0 Å². The molecule has 0 aromatic carbocycles. The Bertz CT molecular complexity index is 227. The minimum absolute atomic E-state index is 0.225. The smallest absolute Gasteiger partial charge is 0.139 e. The third-order valence-corrected chi connectivity index (χ3v) is 1.99. The summed E-state index contributed by atoms with van der Waals surface area (Å²) in [5, 5.41) is 0. The predicted molar refractivity (Wildman–Crippen MR) is 35.8 cm³/mol. The first kappa shape index (κ1) is 6.83. The van der Waals surface area contributed by atoms with Gasteiger partial charge in [-0.05, 0) is 0 Å². The van der Waals surface area contributed by atoms with Crippen LogP contribution in [-0.2, 0) is 4.74 Å². The van der Waals surface area contributed by atoms with E-state index in [-0.39, 0.29) is 11.7 Å². The van der Waals surface area contributed by atoms with Gasteiger partial charge in [0.1, 0.15) is 23.2 Å². The molecule has 0 aromatic rings. The number of ether oxygens (including phenoxy) is 1. The standard InChI is InChI=1S/C8H8F2O/c9-5-1-3-7(5)11-8-4-2-6(8)10/h1-4H2. The van der Waals surface area contributed by atoms with E-state index in [1.165, 1.54) is 0 Å². The van der Waals surface area contributed by atoms with Crippen molar-refractivity contribution in [2.24, 2.45) is 0 Å². The molecular formula is C8H8F2O. The van der Waals surface area contributed by atoms with Crippen molar-refractivity contribution in [3.05, 3.63) is 23.2 Å². The average molecular weight is 158 g/mol. The monoisotopic (exact) mass is 158 g/mol. The Morgan fingerprint density at radius 2 is 1.27 bits per heavy atom. The molecule has 0 bridgehead atoms. The molecule has 2 aliphatic rings. The second-order valence-corrected chi connectivity index (χ2v) is 2.76. The van der Waals surface area contributed by atoms with E-state index in [0.717, 1.165) is 0 Å². The highest BCUT2D eigenvalue weighted by atomic mass is 19.1. The first-order chi connectivity index (χ1) is 5.27. The van der Waals surface area contributed by atoms with Crippen LogP contribution in [0.25, 0.3) is 0 Å². The van der Waals surface area contributed by atoms with Crippen LogP contribution in [-0.4, -0.2) is 0 Å². The quantitative estimate of drug-likeness (QED) is 0.600. The number of halogens is 2. The summed E-state index contributed by atoms with van der Waals surface area (Å²) in [5.41, 5.74) is 0. The van der Waals surface area contributed by atoms with E-state index < -0.39 is 0 Å². The highest BCUT2D eigenvalue weighted by molar-refractivity contribution is 5.19. The number of rotatable bonds is 2. The van der Waals surface area contributed by atoms with Crippen molar-refractivity contribution in [1.29, 1.82) is 0 Å². The van der Waals surface area contributed by atoms with Crippen molar-refractivity contribution in [3.8, 4) is 0 Å². The average Bonchev–Trinajstić information content (AvgIpc) is 1.99. The summed E-state index contributed by atoms with van der Waals surface area (Å²) < 4.78 is 29.8. The zero-order chi connectivity index (χ0) is 7.84. The molecule has 0 spiro atoms. The molecule has 0 N–H and O–H groups in total. The van der Waals surface area contributed by atoms with Gasteiger partial charge in [-0.15, -0.1) is 0 Å². The third-order valence-electron chi connectivity index (χ3n) is 1.99. The Hall–Kier alpha value is -0.860. The van der Waals surface area contributed by atoms with Crippen molar-refractivity contribution < 1.29 is 13.5 Å². The van der Waals surface area contributed by atoms with Crippen LogP contribution in [0.4, 0.5) is 8.78 Å². The van der Waals surface area contributed by atoms with Gasteiger partial charge in [0, 0.05) is 25.7 Å². The fourth-order valence-corrected chi connectivity index (χ4v) is 1.00. The second-order valence-electron chi connectivity index (χ2n) is 2.76. The predicted octanol–water partition coefficient (Wildman–Crippen LogP) is 2.95. The molecule has 0 saturated heterocycles. The molecule has 0 saturated carbocycles. The Morgan fingerprint density at radius 1 is 0.818 bits per heavy atom. The molecule has 0 atom stereocenters. The Kier molecular flexibility index (Phi) is 1.44. The molecule has 60 valence electrons. The lowest BCUT2D eigenvalue weighted by atomic mass is 10.0. The molecule has 0 unspecified atom stereocenters. The molecule has 0 heterocycles. The second kappa shape index (κ2) is 2.32. The first-order valence-corrected chi connectivity index (χ1v) is 3.70.